The molecule has 3 aromatic heterocycles. The number of nitrogens with zero attached hydrogens (tertiary/aromatic N) is 3. The lowest BCUT2D eigenvalue weighted by atomic mass is 10.2. The number of methoxy groups -OCH3 is 2. The molecule has 3 rings (SSSR count). The molecule has 0 bridgehead atoms. The number of rotatable bonds is 7. The van der Waals surface area contributed by atoms with Gasteiger partial charge in [-0.15, -0.1) is 22.7 Å². The Morgan fingerprint density at radius 1 is 1.26 bits per heavy atom. The molecule has 0 aromatic carbocycles. The van der Waals surface area contributed by atoms with Crippen LogP contribution in [0, 0.1) is 6.92 Å². The van der Waals surface area contributed by atoms with Gasteiger partial charge in [0, 0.05) is 12.5 Å². The van der Waals surface area contributed by atoms with Crippen molar-refractivity contribution in [2.24, 2.45) is 5.73 Å². The van der Waals surface area contributed by atoms with Gasteiger partial charge in [-0.2, -0.15) is 4.98 Å². The van der Waals surface area contributed by atoms with E-state index < -0.39 is 5.91 Å². The molecule has 9 nitrogen and oxygen atoms in total. The number of aryl methyl sites for hydroxylation is 1. The largest absolute Gasteiger partial charge is 0.480 e. The molecule has 0 radical (unpaired) electrons. The molecule has 0 atom stereocenters. The molecule has 0 aliphatic heterocycles. The van der Waals surface area contributed by atoms with Crippen LogP contribution in [0.1, 0.15) is 26.8 Å². The first kappa shape index (κ1) is 19.1. The second-order valence-corrected chi connectivity index (χ2v) is 7.42. The van der Waals surface area contributed by atoms with Crippen molar-refractivity contribution in [1.82, 2.24) is 15.0 Å². The van der Waals surface area contributed by atoms with E-state index in [0.29, 0.717) is 37.6 Å². The Hall–Kier alpha value is -2.63. The summed E-state index contributed by atoms with van der Waals surface area (Å²) in [5.74, 6) is 0.0887. The number of amides is 2. The van der Waals surface area contributed by atoms with Gasteiger partial charge in [0.1, 0.15) is 11.4 Å². The summed E-state index contributed by atoms with van der Waals surface area (Å²) in [5, 5.41) is 5.52. The topological polar surface area (TPSA) is 129 Å². The molecule has 11 heteroatoms. The summed E-state index contributed by atoms with van der Waals surface area (Å²) in [6, 6.07) is 0. The van der Waals surface area contributed by atoms with Crippen molar-refractivity contribution in [1.29, 1.82) is 0 Å². The summed E-state index contributed by atoms with van der Waals surface area (Å²) in [6.07, 6.45) is 0.0311. The number of nitrogens with one attached hydrogen (secondary N) is 1. The van der Waals surface area contributed by atoms with E-state index in [4.69, 9.17) is 15.2 Å². The van der Waals surface area contributed by atoms with Crippen LogP contribution in [0.2, 0.25) is 0 Å². The van der Waals surface area contributed by atoms with Crippen LogP contribution in [0.5, 0.6) is 5.88 Å². The first-order chi connectivity index (χ1) is 12.9. The minimum atomic E-state index is -0.476. The molecule has 3 aromatic rings. The highest BCUT2D eigenvalue weighted by Gasteiger charge is 2.22. The highest BCUT2D eigenvalue weighted by atomic mass is 32.1. The minimum absolute atomic E-state index is 0.0311. The number of carbonyl (C=O) groups excluding carboxylic acids is 2. The Balaban J connectivity index is 1.91. The summed E-state index contributed by atoms with van der Waals surface area (Å²) in [6.45, 7) is 2.06. The number of hydrogen-bond acceptors (Lipinski definition) is 9. The van der Waals surface area contributed by atoms with E-state index >= 15 is 0 Å². The lowest BCUT2D eigenvalue weighted by molar-refractivity contribution is -0.117. The van der Waals surface area contributed by atoms with Crippen molar-refractivity contribution in [2.45, 2.75) is 20.0 Å². The monoisotopic (exact) mass is 407 g/mol. The van der Waals surface area contributed by atoms with Gasteiger partial charge in [-0.3, -0.25) is 14.9 Å². The second-order valence-electron chi connectivity index (χ2n) is 5.56. The zero-order valence-corrected chi connectivity index (χ0v) is 16.5. The van der Waals surface area contributed by atoms with Crippen LogP contribution in [0.15, 0.2) is 5.38 Å². The lowest BCUT2D eigenvalue weighted by Crippen LogP contribution is -2.14. The van der Waals surface area contributed by atoms with Gasteiger partial charge in [0.05, 0.1) is 29.5 Å². The number of thiazole rings is 1. The second kappa shape index (κ2) is 7.94. The SMILES string of the molecule is COCc1nc(OC)c2c(C)c(C(=O)Nc3nc(CC(N)=O)cs3)sc2n1. The number of anilines is 1. The highest BCUT2D eigenvalue weighted by Crippen LogP contribution is 2.35. The molecule has 27 heavy (non-hydrogen) atoms. The van der Waals surface area contributed by atoms with E-state index in [9.17, 15) is 9.59 Å². The van der Waals surface area contributed by atoms with Crippen molar-refractivity contribution >= 4 is 49.8 Å². The molecule has 3 N–H and O–H groups in total. The van der Waals surface area contributed by atoms with E-state index in [2.05, 4.69) is 20.3 Å². The number of ether oxygens (including phenoxy) is 2. The van der Waals surface area contributed by atoms with Gasteiger partial charge in [-0.1, -0.05) is 0 Å². The Kier molecular flexibility index (Phi) is 5.63. The minimum Gasteiger partial charge on any atom is -0.480 e. The van der Waals surface area contributed by atoms with E-state index in [1.54, 1.807) is 12.5 Å². The third kappa shape index (κ3) is 4.04. The van der Waals surface area contributed by atoms with Crippen LogP contribution in [-0.2, 0) is 22.6 Å². The Bertz CT molecular complexity index is 1010. The Labute approximate surface area is 162 Å². The number of fused-ring (bicyclic) bond motifs is 1. The summed E-state index contributed by atoms with van der Waals surface area (Å²) in [5.41, 5.74) is 6.40. The maximum absolute atomic E-state index is 12.7. The molecule has 2 amide bonds. The number of hydrogen-bond donors (Lipinski definition) is 2. The third-order valence-electron chi connectivity index (χ3n) is 3.60. The molecule has 142 valence electrons. The summed E-state index contributed by atoms with van der Waals surface area (Å²) >= 11 is 2.47. The predicted octanol–water partition coefficient (Wildman–Crippen LogP) is 1.89. The zero-order valence-electron chi connectivity index (χ0n) is 14.9. The fourth-order valence-corrected chi connectivity index (χ4v) is 4.27. The molecule has 0 aliphatic carbocycles. The molecule has 0 saturated heterocycles. The average Bonchev–Trinajstić information content (AvgIpc) is 3.18. The van der Waals surface area contributed by atoms with Crippen molar-refractivity contribution < 1.29 is 19.1 Å². The van der Waals surface area contributed by atoms with Crippen molar-refractivity contribution in [3.05, 3.63) is 27.3 Å². The first-order valence-electron chi connectivity index (χ1n) is 7.80. The van der Waals surface area contributed by atoms with Gasteiger partial charge in [0.2, 0.25) is 11.8 Å². The lowest BCUT2D eigenvalue weighted by Gasteiger charge is -2.05. The number of carbonyl (C=O) groups is 2. The van der Waals surface area contributed by atoms with Crippen molar-refractivity contribution in [3.63, 3.8) is 0 Å². The normalized spacial score (nSPS) is 10.9. The highest BCUT2D eigenvalue weighted by molar-refractivity contribution is 7.21. The molecule has 0 fully saturated rings. The smallest absolute Gasteiger partial charge is 0.267 e. The van der Waals surface area contributed by atoms with Crippen LogP contribution in [0.3, 0.4) is 0 Å². The quantitative estimate of drug-likeness (QED) is 0.612. The Morgan fingerprint density at radius 3 is 2.70 bits per heavy atom. The number of aromatic nitrogens is 3. The van der Waals surface area contributed by atoms with Crippen LogP contribution in [0.4, 0.5) is 5.13 Å². The van der Waals surface area contributed by atoms with Crippen LogP contribution in [-0.4, -0.2) is 41.0 Å². The van der Waals surface area contributed by atoms with Crippen LogP contribution in [0.25, 0.3) is 10.2 Å². The molecular weight excluding hydrogens is 390 g/mol. The third-order valence-corrected chi connectivity index (χ3v) is 5.59. The van der Waals surface area contributed by atoms with E-state index in [1.807, 2.05) is 6.92 Å². The number of nitrogens with two attached hydrogens (primary N) is 1. The molecule has 0 spiro atoms. The molecular formula is C16H17N5O4S2. The average molecular weight is 407 g/mol. The van der Waals surface area contributed by atoms with Gasteiger partial charge >= 0.3 is 0 Å². The fourth-order valence-electron chi connectivity index (χ4n) is 2.48. The van der Waals surface area contributed by atoms with Gasteiger partial charge in [0.25, 0.3) is 5.91 Å². The van der Waals surface area contributed by atoms with Gasteiger partial charge in [-0.05, 0) is 12.5 Å². The molecule has 3 heterocycles. The summed E-state index contributed by atoms with van der Waals surface area (Å²) in [7, 11) is 3.07. The summed E-state index contributed by atoms with van der Waals surface area (Å²) in [4.78, 5) is 37.8. The fraction of sp³-hybridized carbons (Fsp3) is 0.312. The van der Waals surface area contributed by atoms with E-state index in [1.165, 1.54) is 29.8 Å². The van der Waals surface area contributed by atoms with Gasteiger partial charge in [-0.25, -0.2) is 9.97 Å². The molecule has 0 unspecified atom stereocenters. The van der Waals surface area contributed by atoms with E-state index in [0.717, 1.165) is 5.56 Å². The zero-order chi connectivity index (χ0) is 19.6. The molecule has 0 aliphatic rings. The van der Waals surface area contributed by atoms with Crippen molar-refractivity contribution in [2.75, 3.05) is 19.5 Å². The van der Waals surface area contributed by atoms with E-state index in [-0.39, 0.29) is 18.9 Å². The molecule has 0 saturated carbocycles. The van der Waals surface area contributed by atoms with Gasteiger partial charge in [0.15, 0.2) is 11.0 Å². The van der Waals surface area contributed by atoms with Gasteiger partial charge < -0.3 is 15.2 Å². The first-order valence-corrected chi connectivity index (χ1v) is 9.49. The number of thiophene rings is 1. The maximum atomic E-state index is 12.7. The standard InChI is InChI=1S/C16H17N5O4S2/c1-7-11-14(25-3)19-10(5-24-2)20-15(11)27-12(7)13(23)21-16-18-8(6-26-16)4-9(17)22/h6H,4-5H2,1-3H3,(H2,17,22)(H,18,21,23). The Morgan fingerprint density at radius 2 is 2.04 bits per heavy atom. The number of primary amides is 1. The summed E-state index contributed by atoms with van der Waals surface area (Å²) < 4.78 is 10.4. The predicted molar refractivity (Wildman–Crippen MR) is 102 cm³/mol. The van der Waals surface area contributed by atoms with Crippen LogP contribution < -0.4 is 15.8 Å². The maximum Gasteiger partial charge on any atom is 0.267 e. The van der Waals surface area contributed by atoms with Crippen LogP contribution >= 0.6 is 22.7 Å². The van der Waals surface area contributed by atoms with Crippen molar-refractivity contribution in [3.8, 4) is 5.88 Å².